The number of nitrogens with one attached hydrogen (secondary N) is 2. The first kappa shape index (κ1) is 15.6. The van der Waals surface area contributed by atoms with E-state index >= 15 is 0 Å². The number of carbonyl (C=O) groups excluding carboxylic acids is 1. The van der Waals surface area contributed by atoms with Gasteiger partial charge in [-0.2, -0.15) is 0 Å². The molecule has 1 unspecified atom stereocenters. The van der Waals surface area contributed by atoms with Crippen LogP contribution < -0.4 is 15.0 Å². The summed E-state index contributed by atoms with van der Waals surface area (Å²) in [5.41, 5.74) is 2.67. The van der Waals surface area contributed by atoms with Crippen LogP contribution in [0.3, 0.4) is 0 Å². The molecule has 5 heteroatoms. The molecular formula is C20H21N3O2. The van der Waals surface area contributed by atoms with E-state index in [1.165, 1.54) is 0 Å². The lowest BCUT2D eigenvalue weighted by Crippen LogP contribution is -2.37. The summed E-state index contributed by atoms with van der Waals surface area (Å²) in [6, 6.07) is 17.9. The van der Waals surface area contributed by atoms with E-state index in [-0.39, 0.29) is 11.9 Å². The maximum atomic E-state index is 12.6. The summed E-state index contributed by atoms with van der Waals surface area (Å²) in [5, 5.41) is 4.19. The molecule has 1 atom stereocenters. The number of ether oxygens (including phenoxy) is 1. The van der Waals surface area contributed by atoms with Crippen molar-refractivity contribution in [2.45, 2.75) is 12.5 Å². The molecular weight excluding hydrogens is 314 g/mol. The normalized spacial score (nSPS) is 17.0. The van der Waals surface area contributed by atoms with E-state index in [1.807, 2.05) is 48.5 Å². The molecule has 1 saturated heterocycles. The van der Waals surface area contributed by atoms with E-state index in [0.29, 0.717) is 5.69 Å². The second-order valence-electron chi connectivity index (χ2n) is 6.35. The molecule has 1 amide bonds. The van der Waals surface area contributed by atoms with Gasteiger partial charge in [0, 0.05) is 30.0 Å². The average molecular weight is 335 g/mol. The van der Waals surface area contributed by atoms with Crippen molar-refractivity contribution in [3.05, 3.63) is 60.3 Å². The van der Waals surface area contributed by atoms with Crippen molar-refractivity contribution in [3.8, 4) is 5.75 Å². The quantitative estimate of drug-likeness (QED) is 0.770. The minimum absolute atomic E-state index is 0.0527. The SMILES string of the molecule is COc1ccccc1N1CCC(NC(=O)c2cc3ccccc3[nH]2)C1. The smallest absolute Gasteiger partial charge is 0.268 e. The van der Waals surface area contributed by atoms with E-state index in [0.717, 1.165) is 41.9 Å². The van der Waals surface area contributed by atoms with Crippen molar-refractivity contribution < 1.29 is 9.53 Å². The van der Waals surface area contributed by atoms with Gasteiger partial charge in [-0.05, 0) is 30.7 Å². The van der Waals surface area contributed by atoms with E-state index in [2.05, 4.69) is 21.3 Å². The fraction of sp³-hybridized carbons (Fsp3) is 0.250. The fourth-order valence-electron chi connectivity index (χ4n) is 3.45. The van der Waals surface area contributed by atoms with Gasteiger partial charge in [0.1, 0.15) is 11.4 Å². The number of hydrogen-bond donors (Lipinski definition) is 2. The number of fused-ring (bicyclic) bond motifs is 1. The third kappa shape index (κ3) is 3.05. The Morgan fingerprint density at radius 3 is 2.84 bits per heavy atom. The molecule has 1 aliphatic rings. The van der Waals surface area contributed by atoms with E-state index in [1.54, 1.807) is 7.11 Å². The highest BCUT2D eigenvalue weighted by atomic mass is 16.5. The van der Waals surface area contributed by atoms with Gasteiger partial charge in [-0.1, -0.05) is 30.3 Å². The first-order chi connectivity index (χ1) is 12.2. The molecule has 5 nitrogen and oxygen atoms in total. The molecule has 25 heavy (non-hydrogen) atoms. The van der Waals surface area contributed by atoms with Crippen LogP contribution in [0.2, 0.25) is 0 Å². The Morgan fingerprint density at radius 2 is 2.00 bits per heavy atom. The fourth-order valence-corrected chi connectivity index (χ4v) is 3.45. The van der Waals surface area contributed by atoms with Crippen LogP contribution in [0, 0.1) is 0 Å². The summed E-state index contributed by atoms with van der Waals surface area (Å²) in [6.07, 6.45) is 0.921. The van der Waals surface area contributed by atoms with Crippen LogP contribution in [0.5, 0.6) is 5.75 Å². The van der Waals surface area contributed by atoms with Crippen LogP contribution in [0.1, 0.15) is 16.9 Å². The minimum atomic E-state index is -0.0527. The molecule has 3 aromatic rings. The number of carbonyl (C=O) groups is 1. The topological polar surface area (TPSA) is 57.4 Å². The lowest BCUT2D eigenvalue weighted by atomic mass is 10.2. The maximum Gasteiger partial charge on any atom is 0.268 e. The first-order valence-electron chi connectivity index (χ1n) is 8.51. The molecule has 0 saturated carbocycles. The molecule has 0 bridgehead atoms. The van der Waals surface area contributed by atoms with Crippen molar-refractivity contribution in [2.75, 3.05) is 25.1 Å². The lowest BCUT2D eigenvalue weighted by Gasteiger charge is -2.21. The van der Waals surface area contributed by atoms with Crippen LogP contribution in [0.4, 0.5) is 5.69 Å². The number of methoxy groups -OCH3 is 1. The minimum Gasteiger partial charge on any atom is -0.495 e. The van der Waals surface area contributed by atoms with E-state index in [9.17, 15) is 4.79 Å². The summed E-state index contributed by atoms with van der Waals surface area (Å²) in [6.45, 7) is 1.68. The Labute approximate surface area is 146 Å². The molecule has 4 rings (SSSR count). The molecule has 0 radical (unpaired) electrons. The highest BCUT2D eigenvalue weighted by Crippen LogP contribution is 2.30. The van der Waals surface area contributed by atoms with Gasteiger partial charge in [-0.25, -0.2) is 0 Å². The Morgan fingerprint density at radius 1 is 1.20 bits per heavy atom. The molecule has 1 aliphatic heterocycles. The summed E-state index contributed by atoms with van der Waals surface area (Å²) >= 11 is 0. The predicted molar refractivity (Wildman–Crippen MR) is 99.4 cm³/mol. The van der Waals surface area contributed by atoms with Crippen LogP contribution in [0.25, 0.3) is 10.9 Å². The number of benzene rings is 2. The lowest BCUT2D eigenvalue weighted by molar-refractivity contribution is 0.0936. The molecule has 2 aromatic carbocycles. The van der Waals surface area contributed by atoms with Crippen molar-refractivity contribution >= 4 is 22.5 Å². The monoisotopic (exact) mass is 335 g/mol. The van der Waals surface area contributed by atoms with Crippen LogP contribution in [-0.4, -0.2) is 37.1 Å². The predicted octanol–water partition coefficient (Wildman–Crippen LogP) is 3.19. The molecule has 1 aromatic heterocycles. The molecule has 0 aliphatic carbocycles. The van der Waals surface area contributed by atoms with Gasteiger partial charge < -0.3 is 19.9 Å². The zero-order chi connectivity index (χ0) is 17.2. The summed E-state index contributed by atoms with van der Waals surface area (Å²) in [7, 11) is 1.68. The Hall–Kier alpha value is -2.95. The number of rotatable bonds is 4. The van der Waals surface area contributed by atoms with Gasteiger partial charge in [-0.15, -0.1) is 0 Å². The highest BCUT2D eigenvalue weighted by Gasteiger charge is 2.26. The van der Waals surface area contributed by atoms with Crippen molar-refractivity contribution in [1.82, 2.24) is 10.3 Å². The standard InChI is InChI=1S/C20H21N3O2/c1-25-19-9-5-4-8-18(19)23-11-10-15(13-23)21-20(24)17-12-14-6-2-3-7-16(14)22-17/h2-9,12,15,22H,10-11,13H2,1H3,(H,21,24). The largest absolute Gasteiger partial charge is 0.495 e. The van der Waals surface area contributed by atoms with Gasteiger partial charge >= 0.3 is 0 Å². The Kier molecular flexibility index (Phi) is 4.06. The van der Waals surface area contributed by atoms with Gasteiger partial charge in [0.15, 0.2) is 0 Å². The molecule has 2 N–H and O–H groups in total. The van der Waals surface area contributed by atoms with E-state index < -0.39 is 0 Å². The average Bonchev–Trinajstić information content (AvgIpc) is 3.28. The van der Waals surface area contributed by atoms with Gasteiger partial charge in [0.2, 0.25) is 0 Å². The molecule has 1 fully saturated rings. The number of para-hydroxylation sites is 3. The van der Waals surface area contributed by atoms with Crippen molar-refractivity contribution in [2.24, 2.45) is 0 Å². The van der Waals surface area contributed by atoms with Crippen molar-refractivity contribution in [1.29, 1.82) is 0 Å². The second kappa shape index (κ2) is 6.51. The second-order valence-corrected chi connectivity index (χ2v) is 6.35. The van der Waals surface area contributed by atoms with Crippen LogP contribution >= 0.6 is 0 Å². The summed E-state index contributed by atoms with van der Waals surface area (Å²) in [4.78, 5) is 18.0. The van der Waals surface area contributed by atoms with Crippen LogP contribution in [-0.2, 0) is 0 Å². The zero-order valence-electron chi connectivity index (χ0n) is 14.2. The number of H-pyrrole nitrogens is 1. The van der Waals surface area contributed by atoms with Crippen LogP contribution in [0.15, 0.2) is 54.6 Å². The third-order valence-corrected chi connectivity index (χ3v) is 4.72. The molecule has 0 spiro atoms. The number of nitrogens with zero attached hydrogens (tertiary/aromatic N) is 1. The first-order valence-corrected chi connectivity index (χ1v) is 8.51. The van der Waals surface area contributed by atoms with E-state index in [4.69, 9.17) is 4.74 Å². The molecule has 128 valence electrons. The number of amides is 1. The molecule has 2 heterocycles. The Bertz CT molecular complexity index is 870. The zero-order valence-corrected chi connectivity index (χ0v) is 14.2. The number of hydrogen-bond acceptors (Lipinski definition) is 3. The number of anilines is 1. The Balaban J connectivity index is 1.44. The summed E-state index contributed by atoms with van der Waals surface area (Å²) in [5.74, 6) is 0.813. The van der Waals surface area contributed by atoms with Gasteiger partial charge in [0.25, 0.3) is 5.91 Å². The summed E-state index contributed by atoms with van der Waals surface area (Å²) < 4.78 is 5.44. The highest BCUT2D eigenvalue weighted by molar-refractivity contribution is 5.98. The third-order valence-electron chi connectivity index (χ3n) is 4.72. The number of aromatic amines is 1. The maximum absolute atomic E-state index is 12.6. The van der Waals surface area contributed by atoms with Gasteiger partial charge in [-0.3, -0.25) is 4.79 Å². The number of aromatic nitrogens is 1. The van der Waals surface area contributed by atoms with Crippen molar-refractivity contribution in [3.63, 3.8) is 0 Å². The van der Waals surface area contributed by atoms with Gasteiger partial charge in [0.05, 0.1) is 12.8 Å².